The molecule has 0 spiro atoms. The summed E-state index contributed by atoms with van der Waals surface area (Å²) in [7, 11) is -3.82. The first kappa shape index (κ1) is 20.0. The number of likely N-dealkylation sites (tertiary alicyclic amines) is 1. The Morgan fingerprint density at radius 1 is 1.03 bits per heavy atom. The minimum Gasteiger partial charge on any atom is -0.295 e. The Kier molecular flexibility index (Phi) is 5.67. The first-order chi connectivity index (χ1) is 14.0. The molecular weight excluding hydrogens is 387 g/mol. The lowest BCUT2D eigenvalue weighted by molar-refractivity contribution is 0.248. The largest absolute Gasteiger partial charge is 0.295 e. The van der Waals surface area contributed by atoms with E-state index in [1.54, 1.807) is 6.92 Å². The molecule has 1 heterocycles. The minimum atomic E-state index is -3.82. The van der Waals surface area contributed by atoms with Crippen molar-refractivity contribution in [2.75, 3.05) is 19.6 Å². The van der Waals surface area contributed by atoms with E-state index in [1.165, 1.54) is 12.1 Å². The smallest absolute Gasteiger partial charge is 0.240 e. The molecule has 0 amide bonds. The quantitative estimate of drug-likeness (QED) is 0.653. The van der Waals surface area contributed by atoms with E-state index in [0.717, 1.165) is 48.3 Å². The standard InChI is InChI=1S/C23H25FN2O2S/c1-17-11-12-19(24)15-23(17)29(27,28)25-16-22(26-13-4-5-14-26)21-10-6-8-18-7-2-3-9-20(18)21/h2-3,6-12,15,22,25H,4-5,13-14,16H2,1H3/t22-/m1/s1. The molecule has 4 nitrogen and oxygen atoms in total. The number of hydrogen-bond acceptors (Lipinski definition) is 3. The molecule has 1 fully saturated rings. The van der Waals surface area contributed by atoms with Gasteiger partial charge < -0.3 is 0 Å². The molecule has 29 heavy (non-hydrogen) atoms. The van der Waals surface area contributed by atoms with Gasteiger partial charge in [-0.2, -0.15) is 0 Å². The number of nitrogens with one attached hydrogen (secondary N) is 1. The number of aryl methyl sites for hydroxylation is 1. The second-order valence-electron chi connectivity index (χ2n) is 7.59. The highest BCUT2D eigenvalue weighted by atomic mass is 32.2. The Labute approximate surface area is 171 Å². The van der Waals surface area contributed by atoms with Crippen molar-refractivity contribution in [1.29, 1.82) is 0 Å². The van der Waals surface area contributed by atoms with Crippen molar-refractivity contribution in [3.05, 3.63) is 77.6 Å². The second kappa shape index (κ2) is 8.22. The van der Waals surface area contributed by atoms with Crippen LogP contribution in [0.2, 0.25) is 0 Å². The Balaban J connectivity index is 1.67. The second-order valence-corrected chi connectivity index (χ2v) is 9.32. The van der Waals surface area contributed by atoms with Crippen LogP contribution in [0.25, 0.3) is 10.8 Å². The fourth-order valence-corrected chi connectivity index (χ4v) is 5.45. The van der Waals surface area contributed by atoms with Gasteiger partial charge in [0, 0.05) is 12.6 Å². The maximum atomic E-state index is 13.7. The van der Waals surface area contributed by atoms with E-state index >= 15 is 0 Å². The molecule has 4 rings (SSSR count). The molecule has 1 aliphatic heterocycles. The summed E-state index contributed by atoms with van der Waals surface area (Å²) in [6.45, 7) is 3.80. The van der Waals surface area contributed by atoms with Gasteiger partial charge in [0.15, 0.2) is 0 Å². The number of sulfonamides is 1. The first-order valence-corrected chi connectivity index (χ1v) is 11.4. The molecule has 1 N–H and O–H groups in total. The Morgan fingerprint density at radius 2 is 1.76 bits per heavy atom. The van der Waals surface area contributed by atoms with Crippen LogP contribution in [0.15, 0.2) is 65.6 Å². The van der Waals surface area contributed by atoms with Crippen LogP contribution >= 0.6 is 0 Å². The lowest BCUT2D eigenvalue weighted by atomic mass is 9.98. The van der Waals surface area contributed by atoms with Crippen molar-refractivity contribution in [3.8, 4) is 0 Å². The molecule has 0 aliphatic carbocycles. The predicted octanol–water partition coefficient (Wildman–Crippen LogP) is 4.40. The van der Waals surface area contributed by atoms with Crippen molar-refractivity contribution in [2.45, 2.75) is 30.7 Å². The number of nitrogens with zero attached hydrogens (tertiary/aromatic N) is 1. The highest BCUT2D eigenvalue weighted by molar-refractivity contribution is 7.89. The van der Waals surface area contributed by atoms with E-state index in [1.807, 2.05) is 18.2 Å². The average Bonchev–Trinajstić information content (AvgIpc) is 3.24. The molecule has 0 bridgehead atoms. The third-order valence-corrected chi connectivity index (χ3v) is 7.24. The highest BCUT2D eigenvalue weighted by Gasteiger charge is 2.27. The average molecular weight is 413 g/mol. The lowest BCUT2D eigenvalue weighted by Crippen LogP contribution is -2.37. The molecule has 1 aliphatic rings. The van der Waals surface area contributed by atoms with Gasteiger partial charge in [-0.1, -0.05) is 48.5 Å². The first-order valence-electron chi connectivity index (χ1n) is 9.93. The van der Waals surface area contributed by atoms with Crippen LogP contribution < -0.4 is 4.72 Å². The van der Waals surface area contributed by atoms with E-state index in [9.17, 15) is 12.8 Å². The van der Waals surface area contributed by atoms with Gasteiger partial charge in [-0.05, 0) is 66.9 Å². The SMILES string of the molecule is Cc1ccc(F)cc1S(=O)(=O)NC[C@H](c1cccc2ccccc12)N1CCCC1. The maximum Gasteiger partial charge on any atom is 0.240 e. The van der Waals surface area contributed by atoms with Gasteiger partial charge in [-0.3, -0.25) is 4.90 Å². The normalized spacial score (nSPS) is 16.3. The van der Waals surface area contributed by atoms with E-state index < -0.39 is 15.8 Å². The summed E-state index contributed by atoms with van der Waals surface area (Å²) in [5.41, 5.74) is 1.64. The van der Waals surface area contributed by atoms with Crippen molar-refractivity contribution < 1.29 is 12.8 Å². The number of hydrogen-bond donors (Lipinski definition) is 1. The highest BCUT2D eigenvalue weighted by Crippen LogP contribution is 2.31. The fraction of sp³-hybridized carbons (Fsp3) is 0.304. The minimum absolute atomic E-state index is 0.00408. The molecule has 6 heteroatoms. The summed E-state index contributed by atoms with van der Waals surface area (Å²) in [6.07, 6.45) is 2.22. The topological polar surface area (TPSA) is 49.4 Å². The van der Waals surface area contributed by atoms with Crippen molar-refractivity contribution >= 4 is 20.8 Å². The zero-order valence-corrected chi connectivity index (χ0v) is 17.3. The molecule has 1 saturated heterocycles. The van der Waals surface area contributed by atoms with Crippen molar-refractivity contribution in [3.63, 3.8) is 0 Å². The van der Waals surface area contributed by atoms with Gasteiger partial charge >= 0.3 is 0 Å². The van der Waals surface area contributed by atoms with Gasteiger partial charge in [0.1, 0.15) is 5.82 Å². The predicted molar refractivity (Wildman–Crippen MR) is 114 cm³/mol. The molecular formula is C23H25FN2O2S. The summed E-state index contributed by atoms with van der Waals surface area (Å²) >= 11 is 0. The third kappa shape index (κ3) is 4.20. The van der Waals surface area contributed by atoms with E-state index in [0.29, 0.717) is 5.56 Å². The zero-order chi connectivity index (χ0) is 20.4. The van der Waals surface area contributed by atoms with Crippen LogP contribution in [0, 0.1) is 12.7 Å². The van der Waals surface area contributed by atoms with E-state index in [2.05, 4.69) is 33.9 Å². The monoisotopic (exact) mass is 412 g/mol. The van der Waals surface area contributed by atoms with Gasteiger partial charge in [0.2, 0.25) is 10.0 Å². The molecule has 0 radical (unpaired) electrons. The fourth-order valence-electron chi connectivity index (χ4n) is 4.16. The van der Waals surface area contributed by atoms with Crippen LogP contribution in [0.4, 0.5) is 4.39 Å². The molecule has 0 aromatic heterocycles. The molecule has 3 aromatic rings. The third-order valence-electron chi connectivity index (χ3n) is 5.67. The molecule has 3 aromatic carbocycles. The van der Waals surface area contributed by atoms with Gasteiger partial charge in [0.05, 0.1) is 4.90 Å². The summed E-state index contributed by atoms with van der Waals surface area (Å²) in [5.74, 6) is -0.555. The van der Waals surface area contributed by atoms with Crippen LogP contribution in [-0.4, -0.2) is 33.0 Å². The van der Waals surface area contributed by atoms with Crippen LogP contribution in [0.5, 0.6) is 0 Å². The Morgan fingerprint density at radius 3 is 2.55 bits per heavy atom. The number of fused-ring (bicyclic) bond motifs is 1. The van der Waals surface area contributed by atoms with E-state index in [4.69, 9.17) is 0 Å². The maximum absolute atomic E-state index is 13.7. The summed E-state index contributed by atoms with van der Waals surface area (Å²) in [6, 6.07) is 18.1. The van der Waals surface area contributed by atoms with Crippen LogP contribution in [0.1, 0.15) is 30.0 Å². The number of rotatable bonds is 6. The molecule has 0 saturated carbocycles. The zero-order valence-electron chi connectivity index (χ0n) is 16.4. The van der Waals surface area contributed by atoms with Gasteiger partial charge in [-0.15, -0.1) is 0 Å². The van der Waals surface area contributed by atoms with Gasteiger partial charge in [-0.25, -0.2) is 17.5 Å². The lowest BCUT2D eigenvalue weighted by Gasteiger charge is -2.29. The summed E-state index contributed by atoms with van der Waals surface area (Å²) in [4.78, 5) is 2.33. The number of halogens is 1. The van der Waals surface area contributed by atoms with Crippen molar-refractivity contribution in [2.24, 2.45) is 0 Å². The molecule has 1 atom stereocenters. The van der Waals surface area contributed by atoms with Crippen molar-refractivity contribution in [1.82, 2.24) is 9.62 Å². The Bertz CT molecular complexity index is 1120. The van der Waals surface area contributed by atoms with Gasteiger partial charge in [0.25, 0.3) is 0 Å². The van der Waals surface area contributed by atoms with Crippen LogP contribution in [-0.2, 0) is 10.0 Å². The summed E-state index contributed by atoms with van der Waals surface area (Å²) < 4.78 is 42.3. The van der Waals surface area contributed by atoms with Crippen LogP contribution in [0.3, 0.4) is 0 Å². The van der Waals surface area contributed by atoms with E-state index in [-0.39, 0.29) is 17.5 Å². The number of benzene rings is 3. The Hall–Kier alpha value is -2.28. The summed E-state index contributed by atoms with van der Waals surface area (Å²) in [5, 5.41) is 2.27. The molecule has 0 unspecified atom stereocenters. The molecule has 152 valence electrons.